The summed E-state index contributed by atoms with van der Waals surface area (Å²) in [6.07, 6.45) is 0. The SMILES string of the molecule is CC(=O)CNc1cc(N(C)C)nc(C)n1. The highest BCUT2D eigenvalue weighted by molar-refractivity contribution is 5.80. The molecule has 5 nitrogen and oxygen atoms in total. The fraction of sp³-hybridized carbons (Fsp3) is 0.500. The van der Waals surface area contributed by atoms with Crippen molar-refractivity contribution in [2.24, 2.45) is 0 Å². The maximum atomic E-state index is 10.8. The average molecular weight is 208 g/mol. The van der Waals surface area contributed by atoms with Crippen molar-refractivity contribution < 1.29 is 4.79 Å². The minimum atomic E-state index is 0.0812. The van der Waals surface area contributed by atoms with Gasteiger partial charge in [0.15, 0.2) is 0 Å². The number of nitrogens with one attached hydrogen (secondary N) is 1. The summed E-state index contributed by atoms with van der Waals surface area (Å²) in [5.41, 5.74) is 0. The molecule has 15 heavy (non-hydrogen) atoms. The van der Waals surface area contributed by atoms with Crippen LogP contribution in [0.5, 0.6) is 0 Å². The molecule has 5 heteroatoms. The minimum absolute atomic E-state index is 0.0812. The van der Waals surface area contributed by atoms with E-state index in [1.54, 1.807) is 0 Å². The normalized spacial score (nSPS) is 9.87. The van der Waals surface area contributed by atoms with Gasteiger partial charge in [0.05, 0.1) is 6.54 Å². The summed E-state index contributed by atoms with van der Waals surface area (Å²) in [4.78, 5) is 21.1. The molecule has 0 bridgehead atoms. The Morgan fingerprint density at radius 2 is 2.13 bits per heavy atom. The van der Waals surface area contributed by atoms with Gasteiger partial charge in [-0.3, -0.25) is 4.79 Å². The Labute approximate surface area is 89.5 Å². The zero-order chi connectivity index (χ0) is 11.4. The third-order valence-electron chi connectivity index (χ3n) is 1.80. The Bertz CT molecular complexity index is 362. The summed E-state index contributed by atoms with van der Waals surface area (Å²) in [6, 6.07) is 1.82. The summed E-state index contributed by atoms with van der Waals surface area (Å²) in [6.45, 7) is 3.66. The van der Waals surface area contributed by atoms with Gasteiger partial charge in [-0.15, -0.1) is 0 Å². The van der Waals surface area contributed by atoms with Gasteiger partial charge in [0.1, 0.15) is 23.2 Å². The predicted molar refractivity (Wildman–Crippen MR) is 60.3 cm³/mol. The second-order valence-electron chi connectivity index (χ2n) is 3.61. The molecule has 0 aliphatic heterocycles. The van der Waals surface area contributed by atoms with Gasteiger partial charge in [-0.1, -0.05) is 0 Å². The molecule has 1 N–H and O–H groups in total. The van der Waals surface area contributed by atoms with Crippen LogP contribution in [0.2, 0.25) is 0 Å². The number of aryl methyl sites for hydroxylation is 1. The summed E-state index contributed by atoms with van der Waals surface area (Å²) in [5.74, 6) is 2.28. The summed E-state index contributed by atoms with van der Waals surface area (Å²) in [5, 5.41) is 2.95. The number of hydrogen-bond acceptors (Lipinski definition) is 5. The van der Waals surface area contributed by atoms with Gasteiger partial charge >= 0.3 is 0 Å². The molecule has 1 aromatic rings. The number of anilines is 2. The van der Waals surface area contributed by atoms with E-state index in [-0.39, 0.29) is 5.78 Å². The first kappa shape index (κ1) is 11.4. The Morgan fingerprint density at radius 1 is 1.47 bits per heavy atom. The van der Waals surface area contributed by atoms with E-state index in [0.717, 1.165) is 5.82 Å². The van der Waals surface area contributed by atoms with Gasteiger partial charge in [-0.2, -0.15) is 0 Å². The first-order valence-corrected chi connectivity index (χ1v) is 4.75. The molecule has 82 valence electrons. The van der Waals surface area contributed by atoms with Crippen LogP contribution in [0.4, 0.5) is 11.6 Å². The van der Waals surface area contributed by atoms with Crippen molar-refractivity contribution in [1.29, 1.82) is 0 Å². The van der Waals surface area contributed by atoms with Gasteiger partial charge in [0.2, 0.25) is 0 Å². The molecule has 0 radical (unpaired) electrons. The molecule has 0 saturated carbocycles. The quantitative estimate of drug-likeness (QED) is 0.795. The van der Waals surface area contributed by atoms with E-state index in [2.05, 4.69) is 15.3 Å². The number of nitrogens with zero attached hydrogens (tertiary/aromatic N) is 3. The zero-order valence-corrected chi connectivity index (χ0v) is 9.53. The molecule has 0 aliphatic rings. The highest BCUT2D eigenvalue weighted by atomic mass is 16.1. The molecule has 1 rings (SSSR count). The fourth-order valence-electron chi connectivity index (χ4n) is 1.09. The smallest absolute Gasteiger partial charge is 0.148 e. The number of hydrogen-bond donors (Lipinski definition) is 1. The minimum Gasteiger partial charge on any atom is -0.363 e. The van der Waals surface area contributed by atoms with Crippen molar-refractivity contribution in [1.82, 2.24) is 9.97 Å². The van der Waals surface area contributed by atoms with E-state index in [1.807, 2.05) is 32.0 Å². The van der Waals surface area contributed by atoms with Crippen LogP contribution in [0.15, 0.2) is 6.07 Å². The Balaban J connectivity index is 2.84. The largest absolute Gasteiger partial charge is 0.363 e. The topological polar surface area (TPSA) is 58.1 Å². The summed E-state index contributed by atoms with van der Waals surface area (Å²) >= 11 is 0. The van der Waals surface area contributed by atoms with Crippen LogP contribution >= 0.6 is 0 Å². The van der Waals surface area contributed by atoms with E-state index >= 15 is 0 Å². The first-order chi connectivity index (χ1) is 6.99. The molecule has 0 amide bonds. The highest BCUT2D eigenvalue weighted by Gasteiger charge is 2.03. The van der Waals surface area contributed by atoms with Crippen LogP contribution in [0.3, 0.4) is 0 Å². The summed E-state index contributed by atoms with van der Waals surface area (Å²) < 4.78 is 0. The molecule has 0 spiro atoms. The van der Waals surface area contributed by atoms with Crippen molar-refractivity contribution in [2.45, 2.75) is 13.8 Å². The fourth-order valence-corrected chi connectivity index (χ4v) is 1.09. The van der Waals surface area contributed by atoms with Gasteiger partial charge in [0.25, 0.3) is 0 Å². The standard InChI is InChI=1S/C10H16N4O/c1-7(15)6-11-9-5-10(14(3)4)13-8(2)12-9/h5H,6H2,1-4H3,(H,11,12,13). The zero-order valence-electron chi connectivity index (χ0n) is 9.53. The van der Waals surface area contributed by atoms with Crippen molar-refractivity contribution in [3.8, 4) is 0 Å². The number of carbonyl (C=O) groups excluding carboxylic acids is 1. The van der Waals surface area contributed by atoms with Gasteiger partial charge < -0.3 is 10.2 Å². The Kier molecular flexibility index (Phi) is 3.60. The molecule has 0 aliphatic carbocycles. The lowest BCUT2D eigenvalue weighted by Gasteiger charge is -2.13. The van der Waals surface area contributed by atoms with Gasteiger partial charge in [0, 0.05) is 20.2 Å². The maximum absolute atomic E-state index is 10.8. The second kappa shape index (κ2) is 4.72. The van der Waals surface area contributed by atoms with Crippen molar-refractivity contribution in [3.63, 3.8) is 0 Å². The van der Waals surface area contributed by atoms with Crippen molar-refractivity contribution in [3.05, 3.63) is 11.9 Å². The monoisotopic (exact) mass is 208 g/mol. The molecular formula is C10H16N4O. The van der Waals surface area contributed by atoms with E-state index in [0.29, 0.717) is 18.2 Å². The van der Waals surface area contributed by atoms with E-state index < -0.39 is 0 Å². The highest BCUT2D eigenvalue weighted by Crippen LogP contribution is 2.12. The molecule has 0 atom stereocenters. The van der Waals surface area contributed by atoms with Gasteiger partial charge in [-0.05, 0) is 13.8 Å². The Morgan fingerprint density at radius 3 is 2.67 bits per heavy atom. The number of aromatic nitrogens is 2. The number of Topliss-reactive ketones (excluding diaryl/α,β-unsaturated/α-hetero) is 1. The molecule has 0 unspecified atom stereocenters. The first-order valence-electron chi connectivity index (χ1n) is 4.75. The van der Waals surface area contributed by atoms with Crippen LogP contribution in [-0.2, 0) is 4.79 Å². The third kappa shape index (κ3) is 3.53. The second-order valence-corrected chi connectivity index (χ2v) is 3.61. The van der Waals surface area contributed by atoms with E-state index in [9.17, 15) is 4.79 Å². The number of carbonyl (C=O) groups is 1. The van der Waals surface area contributed by atoms with Crippen molar-refractivity contribution in [2.75, 3.05) is 30.9 Å². The van der Waals surface area contributed by atoms with Gasteiger partial charge in [-0.25, -0.2) is 9.97 Å². The van der Waals surface area contributed by atoms with Crippen molar-refractivity contribution >= 4 is 17.4 Å². The lowest BCUT2D eigenvalue weighted by Crippen LogP contribution is -2.15. The molecule has 0 saturated heterocycles. The van der Waals surface area contributed by atoms with Crippen LogP contribution in [0, 0.1) is 6.92 Å². The van der Waals surface area contributed by atoms with E-state index in [1.165, 1.54) is 6.92 Å². The molecular weight excluding hydrogens is 192 g/mol. The predicted octanol–water partition coefficient (Wildman–Crippen LogP) is 0.852. The lowest BCUT2D eigenvalue weighted by atomic mass is 10.4. The van der Waals surface area contributed by atoms with Crippen LogP contribution in [0.25, 0.3) is 0 Å². The van der Waals surface area contributed by atoms with Crippen LogP contribution in [0.1, 0.15) is 12.7 Å². The number of ketones is 1. The molecule has 1 aromatic heterocycles. The summed E-state index contributed by atoms with van der Waals surface area (Å²) in [7, 11) is 3.83. The molecule has 0 fully saturated rings. The Hall–Kier alpha value is -1.65. The molecule has 0 aromatic carbocycles. The molecule has 1 heterocycles. The third-order valence-corrected chi connectivity index (χ3v) is 1.80. The number of rotatable bonds is 4. The van der Waals surface area contributed by atoms with E-state index in [4.69, 9.17) is 0 Å². The lowest BCUT2D eigenvalue weighted by molar-refractivity contribution is -0.115. The average Bonchev–Trinajstić information content (AvgIpc) is 2.13. The van der Waals surface area contributed by atoms with Crippen LogP contribution < -0.4 is 10.2 Å². The van der Waals surface area contributed by atoms with Crippen LogP contribution in [-0.4, -0.2) is 36.4 Å². The maximum Gasteiger partial charge on any atom is 0.148 e.